The molecule has 1 saturated heterocycles. The second kappa shape index (κ2) is 7.28. The summed E-state index contributed by atoms with van der Waals surface area (Å²) in [5.41, 5.74) is -0.696. The molecule has 6 atom stereocenters. The minimum absolute atomic E-state index is 0.365. The Kier molecular flexibility index (Phi) is 5.69. The lowest BCUT2D eigenvalue weighted by molar-refractivity contribution is -0.204. The number of ether oxygens (including phenoxy) is 2. The van der Waals surface area contributed by atoms with Gasteiger partial charge in [0.25, 0.3) is 11.3 Å². The smallest absolute Gasteiger partial charge is 0.424 e. The SMILES string of the molecule is O=c1ccn2c(n1)O[C@]1(O)C(O)[C@@H](COP(=O)(O)OP(=O)(O)OP(=O)(O)O)O[C@@H]21. The lowest BCUT2D eigenvalue weighted by Crippen LogP contribution is -2.48. The van der Waals surface area contributed by atoms with Crippen molar-refractivity contribution in [3.8, 4) is 6.01 Å². The number of fused-ring (bicyclic) bond motifs is 3. The Hall–Kier alpha value is -1.03. The summed E-state index contributed by atoms with van der Waals surface area (Å²) in [5, 5.41) is 20.7. The fraction of sp³-hybridized carbons (Fsp3) is 0.556. The molecule has 0 aromatic carbocycles. The van der Waals surface area contributed by atoms with Crippen LogP contribution in [0.1, 0.15) is 6.23 Å². The van der Waals surface area contributed by atoms with Crippen LogP contribution in [0.5, 0.6) is 6.01 Å². The van der Waals surface area contributed by atoms with Crippen LogP contribution in [0.2, 0.25) is 0 Å². The van der Waals surface area contributed by atoms with Gasteiger partial charge in [0.05, 0.1) is 6.61 Å². The zero-order valence-corrected chi connectivity index (χ0v) is 16.4. The number of phosphoric ester groups is 1. The number of nitrogens with zero attached hydrogens (tertiary/aromatic N) is 2. The number of rotatable bonds is 7. The van der Waals surface area contributed by atoms with Gasteiger partial charge in [0.2, 0.25) is 6.23 Å². The van der Waals surface area contributed by atoms with Crippen molar-refractivity contribution in [1.29, 1.82) is 0 Å². The first kappa shape index (κ1) is 22.7. The van der Waals surface area contributed by atoms with Gasteiger partial charge < -0.3 is 39.3 Å². The van der Waals surface area contributed by atoms with E-state index in [1.807, 2.05) is 0 Å². The van der Waals surface area contributed by atoms with Crippen LogP contribution >= 0.6 is 23.5 Å². The van der Waals surface area contributed by atoms with E-state index in [-0.39, 0.29) is 6.01 Å². The van der Waals surface area contributed by atoms with E-state index in [4.69, 9.17) is 24.2 Å². The number of phosphoric acid groups is 3. The highest BCUT2D eigenvalue weighted by atomic mass is 31.3. The lowest BCUT2D eigenvalue weighted by Gasteiger charge is -2.23. The van der Waals surface area contributed by atoms with Gasteiger partial charge in [0.1, 0.15) is 6.10 Å². The molecule has 0 aliphatic carbocycles. The van der Waals surface area contributed by atoms with E-state index >= 15 is 0 Å². The molecule has 29 heavy (non-hydrogen) atoms. The molecule has 2 aliphatic rings. The first-order chi connectivity index (χ1) is 13.1. The number of hydrogen-bond acceptors (Lipinski definition) is 12. The van der Waals surface area contributed by atoms with Gasteiger partial charge in [0, 0.05) is 12.3 Å². The van der Waals surface area contributed by atoms with Crippen molar-refractivity contribution in [2.45, 2.75) is 24.2 Å². The van der Waals surface area contributed by atoms with Crippen molar-refractivity contribution in [2.24, 2.45) is 0 Å². The standard InChI is InChI=1S/C9H13N2O15P3/c12-5-1-2-11-7-9(14,24-8(11)10-5)6(13)4(23-7)3-22-28(18,19)26-29(20,21)25-27(15,16)17/h1-2,4,6-7,13-14H,3H2,(H,18,19)(H,20,21)(H2,15,16,17)/t4-,6?,7-,9-/m1/s1. The average Bonchev–Trinajstić information content (AvgIpc) is 2.91. The first-order valence-corrected chi connectivity index (χ1v) is 11.8. The number of aromatic nitrogens is 2. The Morgan fingerprint density at radius 1 is 1.17 bits per heavy atom. The van der Waals surface area contributed by atoms with E-state index in [0.29, 0.717) is 0 Å². The number of aliphatic hydroxyl groups is 2. The van der Waals surface area contributed by atoms with E-state index in [0.717, 1.165) is 16.8 Å². The fourth-order valence-corrected chi connectivity index (χ4v) is 5.55. The van der Waals surface area contributed by atoms with Gasteiger partial charge in [-0.3, -0.25) is 13.9 Å². The predicted octanol–water partition coefficient (Wildman–Crippen LogP) is -2.07. The maximum atomic E-state index is 11.7. The normalized spacial score (nSPS) is 32.7. The van der Waals surface area contributed by atoms with Crippen LogP contribution in [0.15, 0.2) is 17.1 Å². The van der Waals surface area contributed by atoms with E-state index in [9.17, 15) is 33.6 Å². The minimum atomic E-state index is -5.71. The Morgan fingerprint density at radius 3 is 2.45 bits per heavy atom. The Morgan fingerprint density at radius 2 is 1.83 bits per heavy atom. The molecule has 1 fully saturated rings. The van der Waals surface area contributed by atoms with Gasteiger partial charge >= 0.3 is 29.5 Å². The number of hydrogen-bond donors (Lipinski definition) is 6. The molecule has 3 heterocycles. The largest absolute Gasteiger partial charge is 0.490 e. The summed E-state index contributed by atoms with van der Waals surface area (Å²) in [4.78, 5) is 50.1. The van der Waals surface area contributed by atoms with Gasteiger partial charge in [-0.25, -0.2) is 13.7 Å². The van der Waals surface area contributed by atoms with Crippen LogP contribution in [0.4, 0.5) is 0 Å². The molecular formula is C9H13N2O15P3. The van der Waals surface area contributed by atoms with Crippen molar-refractivity contribution in [2.75, 3.05) is 6.61 Å². The molecule has 1 aromatic heterocycles. The molecule has 0 spiro atoms. The monoisotopic (exact) mass is 482 g/mol. The maximum absolute atomic E-state index is 11.7. The quantitative estimate of drug-likeness (QED) is 0.228. The molecule has 3 unspecified atom stereocenters. The van der Waals surface area contributed by atoms with Crippen LogP contribution in [0, 0.1) is 0 Å². The third-order valence-corrected chi connectivity index (χ3v) is 7.37. The predicted molar refractivity (Wildman–Crippen MR) is 83.8 cm³/mol. The van der Waals surface area contributed by atoms with Gasteiger partial charge in [-0.05, 0) is 0 Å². The average molecular weight is 482 g/mol. The fourth-order valence-electron chi connectivity index (χ4n) is 2.52. The lowest BCUT2D eigenvalue weighted by atomic mass is 10.1. The second-order valence-electron chi connectivity index (χ2n) is 5.67. The van der Waals surface area contributed by atoms with Gasteiger partial charge in [-0.15, -0.1) is 0 Å². The second-order valence-corrected chi connectivity index (χ2v) is 10.1. The molecule has 1 aromatic rings. The molecule has 164 valence electrons. The Bertz CT molecular complexity index is 1000. The Balaban J connectivity index is 1.67. The molecule has 3 rings (SSSR count). The highest BCUT2D eigenvalue weighted by molar-refractivity contribution is 7.66. The van der Waals surface area contributed by atoms with E-state index < -0.39 is 59.9 Å². The Labute approximate surface area is 159 Å². The first-order valence-electron chi connectivity index (χ1n) is 7.24. The van der Waals surface area contributed by atoms with Gasteiger partial charge in [-0.1, -0.05) is 0 Å². The third-order valence-electron chi connectivity index (χ3n) is 3.56. The summed E-state index contributed by atoms with van der Waals surface area (Å²) in [6.45, 7) is -1.02. The van der Waals surface area contributed by atoms with Gasteiger partial charge in [-0.2, -0.15) is 13.6 Å². The van der Waals surface area contributed by atoms with Crippen molar-refractivity contribution in [1.82, 2.24) is 9.55 Å². The van der Waals surface area contributed by atoms with Crippen LogP contribution in [0.25, 0.3) is 0 Å². The minimum Gasteiger partial charge on any atom is -0.424 e. The summed E-state index contributed by atoms with van der Waals surface area (Å²) in [6.07, 6.45) is -3.76. The molecule has 20 heteroatoms. The molecule has 6 N–H and O–H groups in total. The summed E-state index contributed by atoms with van der Waals surface area (Å²) >= 11 is 0. The van der Waals surface area contributed by atoms with Crippen LogP contribution < -0.4 is 10.3 Å². The summed E-state index contributed by atoms with van der Waals surface area (Å²) in [7, 11) is -16.7. The summed E-state index contributed by atoms with van der Waals surface area (Å²) in [5.74, 6) is -2.45. The van der Waals surface area contributed by atoms with Crippen LogP contribution in [-0.2, 0) is 31.6 Å². The zero-order chi connectivity index (χ0) is 21.8. The van der Waals surface area contributed by atoms with E-state index in [2.05, 4.69) is 18.1 Å². The number of aliphatic hydroxyl groups excluding tert-OH is 1. The topological polar surface area (TPSA) is 254 Å². The van der Waals surface area contributed by atoms with Crippen molar-refractivity contribution >= 4 is 23.5 Å². The molecule has 0 saturated carbocycles. The third kappa shape index (κ3) is 4.84. The maximum Gasteiger partial charge on any atom is 0.490 e. The molecule has 2 aliphatic heterocycles. The molecular weight excluding hydrogens is 469 g/mol. The molecule has 0 bridgehead atoms. The molecule has 17 nitrogen and oxygen atoms in total. The van der Waals surface area contributed by atoms with Crippen molar-refractivity contribution in [3.05, 3.63) is 22.6 Å². The molecule has 0 amide bonds. The zero-order valence-electron chi connectivity index (χ0n) is 13.7. The van der Waals surface area contributed by atoms with E-state index in [1.165, 1.54) is 0 Å². The highest BCUT2D eigenvalue weighted by Crippen LogP contribution is 2.66. The van der Waals surface area contributed by atoms with Crippen LogP contribution in [0.3, 0.4) is 0 Å². The summed E-state index contributed by atoms with van der Waals surface area (Å²) < 4.78 is 56.3. The van der Waals surface area contributed by atoms with Crippen LogP contribution in [-0.4, -0.2) is 63.9 Å². The van der Waals surface area contributed by atoms with Gasteiger partial charge in [0.15, 0.2) is 6.10 Å². The van der Waals surface area contributed by atoms with E-state index in [1.54, 1.807) is 0 Å². The molecule has 0 radical (unpaired) electrons. The van der Waals surface area contributed by atoms with Crippen molar-refractivity contribution < 1.29 is 66.1 Å². The van der Waals surface area contributed by atoms with Crippen molar-refractivity contribution in [3.63, 3.8) is 0 Å². The highest BCUT2D eigenvalue weighted by Gasteiger charge is 2.63. The summed E-state index contributed by atoms with van der Waals surface area (Å²) in [6, 6.07) is 0.642.